The molecule has 1 rings (SSSR count). The van der Waals surface area contributed by atoms with Gasteiger partial charge in [0, 0.05) is 25.3 Å². The molecule has 0 amide bonds. The van der Waals surface area contributed by atoms with E-state index in [2.05, 4.69) is 29.9 Å². The van der Waals surface area contributed by atoms with Gasteiger partial charge in [0.15, 0.2) is 0 Å². The van der Waals surface area contributed by atoms with Gasteiger partial charge in [-0.1, -0.05) is 13.0 Å². The van der Waals surface area contributed by atoms with Gasteiger partial charge in [0.1, 0.15) is 0 Å². The lowest BCUT2D eigenvalue weighted by Gasteiger charge is -2.26. The summed E-state index contributed by atoms with van der Waals surface area (Å²) in [5.74, 6) is 2.37. The van der Waals surface area contributed by atoms with E-state index in [1.54, 1.807) is 0 Å². The van der Waals surface area contributed by atoms with Gasteiger partial charge in [-0.3, -0.25) is 9.88 Å². The van der Waals surface area contributed by atoms with Gasteiger partial charge in [0.25, 0.3) is 0 Å². The van der Waals surface area contributed by atoms with Gasteiger partial charge < -0.3 is 5.73 Å². The first kappa shape index (κ1) is 14.5. The molecule has 0 fully saturated rings. The molecule has 1 heterocycles. The number of likely N-dealkylation sites (N-methyl/N-ethyl adjacent to an activating group) is 1. The maximum absolute atomic E-state index is 5.84. The van der Waals surface area contributed by atoms with Gasteiger partial charge in [-0.15, -0.1) is 0 Å². The lowest BCUT2D eigenvalue weighted by atomic mass is 10.2. The van der Waals surface area contributed by atoms with Crippen LogP contribution in [0, 0.1) is 0 Å². The number of thioether (sulfide) groups is 1. The second kappa shape index (κ2) is 8.50. The van der Waals surface area contributed by atoms with Crippen LogP contribution in [0.15, 0.2) is 24.4 Å². The largest absolute Gasteiger partial charge is 0.329 e. The maximum atomic E-state index is 5.84. The summed E-state index contributed by atoms with van der Waals surface area (Å²) >= 11 is 1.98. The number of aromatic nitrogens is 1. The highest BCUT2D eigenvalue weighted by molar-refractivity contribution is 7.99. The number of hydrogen-bond donors (Lipinski definition) is 1. The summed E-state index contributed by atoms with van der Waals surface area (Å²) in [6.07, 6.45) is 2.99. The second-order valence-electron chi connectivity index (χ2n) is 4.11. The number of nitrogens with zero attached hydrogens (tertiary/aromatic N) is 2. The first-order valence-electron chi connectivity index (χ1n) is 6.15. The summed E-state index contributed by atoms with van der Waals surface area (Å²) in [6, 6.07) is 6.49. The molecule has 0 spiro atoms. The molecule has 0 aliphatic rings. The smallest absolute Gasteiger partial charge is 0.0543 e. The molecule has 96 valence electrons. The minimum atomic E-state index is 0.455. The van der Waals surface area contributed by atoms with E-state index in [1.165, 1.54) is 11.5 Å². The average Bonchev–Trinajstić information content (AvgIpc) is 2.36. The Bertz CT molecular complexity index is 292. The molecule has 0 bridgehead atoms. The van der Waals surface area contributed by atoms with E-state index in [4.69, 9.17) is 5.73 Å². The Kier molecular flexibility index (Phi) is 7.24. The van der Waals surface area contributed by atoms with Crippen LogP contribution in [0.4, 0.5) is 0 Å². The van der Waals surface area contributed by atoms with Crippen molar-refractivity contribution < 1.29 is 0 Å². The maximum Gasteiger partial charge on any atom is 0.0543 e. The standard InChI is InChI=1S/C13H23N3S/c1-3-17-9-7-13(10-14)16(2)11-12-6-4-5-8-15-12/h4-6,8,13H,3,7,9-11,14H2,1-2H3. The summed E-state index contributed by atoms with van der Waals surface area (Å²) in [5, 5.41) is 0. The van der Waals surface area contributed by atoms with Crippen molar-refractivity contribution in [2.24, 2.45) is 5.73 Å². The molecule has 0 radical (unpaired) electrons. The second-order valence-corrected chi connectivity index (χ2v) is 5.51. The molecule has 1 aromatic heterocycles. The number of hydrogen-bond acceptors (Lipinski definition) is 4. The number of nitrogens with two attached hydrogens (primary N) is 1. The highest BCUT2D eigenvalue weighted by Gasteiger charge is 2.13. The van der Waals surface area contributed by atoms with Gasteiger partial charge in [-0.25, -0.2) is 0 Å². The van der Waals surface area contributed by atoms with E-state index in [1.807, 2.05) is 30.1 Å². The fourth-order valence-corrected chi connectivity index (χ4v) is 2.49. The van der Waals surface area contributed by atoms with Crippen molar-refractivity contribution in [1.82, 2.24) is 9.88 Å². The van der Waals surface area contributed by atoms with E-state index in [0.29, 0.717) is 12.6 Å². The van der Waals surface area contributed by atoms with Crippen molar-refractivity contribution in [2.75, 3.05) is 25.1 Å². The van der Waals surface area contributed by atoms with Crippen LogP contribution in [0.2, 0.25) is 0 Å². The van der Waals surface area contributed by atoms with Crippen LogP contribution < -0.4 is 5.73 Å². The van der Waals surface area contributed by atoms with Crippen LogP contribution in [-0.4, -0.2) is 41.0 Å². The molecule has 0 saturated heterocycles. The Morgan fingerprint density at radius 2 is 2.29 bits per heavy atom. The zero-order valence-corrected chi connectivity index (χ0v) is 11.6. The lowest BCUT2D eigenvalue weighted by molar-refractivity contribution is 0.231. The highest BCUT2D eigenvalue weighted by atomic mass is 32.2. The molecule has 0 aliphatic carbocycles. The fraction of sp³-hybridized carbons (Fsp3) is 0.615. The van der Waals surface area contributed by atoms with E-state index in [-0.39, 0.29) is 0 Å². The third-order valence-electron chi connectivity index (χ3n) is 2.83. The third kappa shape index (κ3) is 5.52. The molecular weight excluding hydrogens is 230 g/mol. The van der Waals surface area contributed by atoms with Crippen LogP contribution in [0.25, 0.3) is 0 Å². The van der Waals surface area contributed by atoms with Crippen LogP contribution in [0.5, 0.6) is 0 Å². The molecule has 0 aliphatic heterocycles. The minimum absolute atomic E-state index is 0.455. The van der Waals surface area contributed by atoms with Crippen LogP contribution >= 0.6 is 11.8 Å². The Labute approximate surface area is 109 Å². The normalized spacial score (nSPS) is 12.9. The van der Waals surface area contributed by atoms with Gasteiger partial charge in [0.05, 0.1) is 5.69 Å². The SMILES string of the molecule is CCSCCC(CN)N(C)Cc1ccccn1. The Morgan fingerprint density at radius 3 is 2.88 bits per heavy atom. The van der Waals surface area contributed by atoms with Gasteiger partial charge >= 0.3 is 0 Å². The van der Waals surface area contributed by atoms with Gasteiger partial charge in [-0.2, -0.15) is 11.8 Å². The zero-order chi connectivity index (χ0) is 12.5. The Hall–Kier alpha value is -0.580. The van der Waals surface area contributed by atoms with Crippen molar-refractivity contribution in [1.29, 1.82) is 0 Å². The molecule has 0 aromatic carbocycles. The van der Waals surface area contributed by atoms with Gasteiger partial charge in [-0.05, 0) is 37.1 Å². The van der Waals surface area contributed by atoms with Crippen LogP contribution in [0.1, 0.15) is 19.0 Å². The summed E-state index contributed by atoms with van der Waals surface area (Å²) in [6.45, 7) is 3.78. The monoisotopic (exact) mass is 253 g/mol. The average molecular weight is 253 g/mol. The third-order valence-corrected chi connectivity index (χ3v) is 3.77. The first-order chi connectivity index (χ1) is 8.27. The summed E-state index contributed by atoms with van der Waals surface area (Å²) in [5.41, 5.74) is 6.95. The quantitative estimate of drug-likeness (QED) is 0.719. The zero-order valence-electron chi connectivity index (χ0n) is 10.8. The van der Waals surface area contributed by atoms with Crippen molar-refractivity contribution in [3.8, 4) is 0 Å². The molecule has 4 heteroatoms. The number of pyridine rings is 1. The van der Waals surface area contributed by atoms with E-state index < -0.39 is 0 Å². The summed E-state index contributed by atoms with van der Waals surface area (Å²) < 4.78 is 0. The highest BCUT2D eigenvalue weighted by Crippen LogP contribution is 2.10. The molecule has 2 N–H and O–H groups in total. The molecule has 1 aromatic rings. The minimum Gasteiger partial charge on any atom is -0.329 e. The van der Waals surface area contributed by atoms with Crippen molar-refractivity contribution in [3.05, 3.63) is 30.1 Å². The van der Waals surface area contributed by atoms with Gasteiger partial charge in [0.2, 0.25) is 0 Å². The van der Waals surface area contributed by atoms with Crippen molar-refractivity contribution in [3.63, 3.8) is 0 Å². The predicted octanol–water partition coefficient (Wildman–Crippen LogP) is 1.98. The van der Waals surface area contributed by atoms with E-state index in [0.717, 1.165) is 18.7 Å². The molecule has 3 nitrogen and oxygen atoms in total. The molecule has 17 heavy (non-hydrogen) atoms. The van der Waals surface area contributed by atoms with Crippen LogP contribution in [0.3, 0.4) is 0 Å². The van der Waals surface area contributed by atoms with E-state index in [9.17, 15) is 0 Å². The molecule has 0 saturated carbocycles. The molecule has 1 unspecified atom stereocenters. The van der Waals surface area contributed by atoms with Crippen molar-refractivity contribution in [2.45, 2.75) is 25.9 Å². The van der Waals surface area contributed by atoms with Crippen LogP contribution in [-0.2, 0) is 6.54 Å². The Morgan fingerprint density at radius 1 is 1.47 bits per heavy atom. The summed E-state index contributed by atoms with van der Waals surface area (Å²) in [7, 11) is 2.13. The summed E-state index contributed by atoms with van der Waals surface area (Å²) in [4.78, 5) is 6.65. The number of rotatable bonds is 8. The Balaban J connectivity index is 2.40. The first-order valence-corrected chi connectivity index (χ1v) is 7.31. The predicted molar refractivity (Wildman–Crippen MR) is 76.2 cm³/mol. The molecule has 1 atom stereocenters. The van der Waals surface area contributed by atoms with Crippen molar-refractivity contribution >= 4 is 11.8 Å². The van der Waals surface area contributed by atoms with E-state index >= 15 is 0 Å². The molecular formula is C13H23N3S. The topological polar surface area (TPSA) is 42.1 Å². The lowest BCUT2D eigenvalue weighted by Crippen LogP contribution is -2.38. The fourth-order valence-electron chi connectivity index (χ4n) is 1.76.